The molecule has 4 nitrogen and oxygen atoms in total. The summed E-state index contributed by atoms with van der Waals surface area (Å²) in [5.74, 6) is 1.04. The van der Waals surface area contributed by atoms with Gasteiger partial charge in [0.25, 0.3) is 0 Å². The summed E-state index contributed by atoms with van der Waals surface area (Å²) in [5, 5.41) is 13.5. The van der Waals surface area contributed by atoms with Gasteiger partial charge in [0, 0.05) is 12.6 Å². The van der Waals surface area contributed by atoms with Gasteiger partial charge in [-0.2, -0.15) is 0 Å². The third kappa shape index (κ3) is 7.12. The van der Waals surface area contributed by atoms with Gasteiger partial charge in [-0.1, -0.05) is 97.4 Å². The fraction of sp³-hybridized carbons (Fsp3) is 0.441. The molecular formula is C34H42N2O2. The summed E-state index contributed by atoms with van der Waals surface area (Å²) >= 11 is 0. The summed E-state index contributed by atoms with van der Waals surface area (Å²) in [6, 6.07) is 30.9. The number of carbonyl (C=O) groups is 1. The van der Waals surface area contributed by atoms with E-state index in [1.807, 2.05) is 30.3 Å². The van der Waals surface area contributed by atoms with Crippen molar-refractivity contribution in [2.24, 2.45) is 11.8 Å². The molecule has 3 aromatic rings. The Balaban J connectivity index is 1.17. The maximum atomic E-state index is 12.2. The summed E-state index contributed by atoms with van der Waals surface area (Å²) in [4.78, 5) is 14.8. The van der Waals surface area contributed by atoms with Crippen LogP contribution < -0.4 is 5.32 Å². The van der Waals surface area contributed by atoms with Crippen LogP contribution in [0.3, 0.4) is 0 Å². The van der Waals surface area contributed by atoms with E-state index in [-0.39, 0.29) is 6.04 Å². The second-order valence-corrected chi connectivity index (χ2v) is 11.4. The Morgan fingerprint density at radius 1 is 0.868 bits per heavy atom. The average molecular weight is 511 g/mol. The highest BCUT2D eigenvalue weighted by molar-refractivity contribution is 5.75. The van der Waals surface area contributed by atoms with E-state index < -0.39 is 12.0 Å². The van der Waals surface area contributed by atoms with Gasteiger partial charge < -0.3 is 10.0 Å². The van der Waals surface area contributed by atoms with Crippen LogP contribution in [0, 0.1) is 11.8 Å². The molecule has 200 valence electrons. The number of likely N-dealkylation sites (tertiary alicyclic amines) is 1. The van der Waals surface area contributed by atoms with Gasteiger partial charge in [0.15, 0.2) is 0 Å². The lowest BCUT2D eigenvalue weighted by Crippen LogP contribution is -2.38. The molecule has 1 aliphatic carbocycles. The maximum Gasteiger partial charge on any atom is 0.325 e. The summed E-state index contributed by atoms with van der Waals surface area (Å²) in [7, 11) is 0. The lowest BCUT2D eigenvalue weighted by atomic mass is 9.87. The van der Waals surface area contributed by atoms with E-state index in [4.69, 9.17) is 0 Å². The zero-order chi connectivity index (χ0) is 26.2. The molecule has 1 saturated carbocycles. The minimum absolute atomic E-state index is 0.196. The van der Waals surface area contributed by atoms with Gasteiger partial charge in [-0.15, -0.1) is 0 Å². The highest BCUT2D eigenvalue weighted by atomic mass is 16.4. The van der Waals surface area contributed by atoms with E-state index in [2.05, 4.69) is 70.9 Å². The number of aliphatic carboxylic acids is 1. The van der Waals surface area contributed by atoms with Crippen molar-refractivity contribution in [1.82, 2.24) is 10.2 Å². The normalized spacial score (nSPS) is 23.3. The van der Waals surface area contributed by atoms with Crippen molar-refractivity contribution >= 4 is 5.97 Å². The molecule has 2 fully saturated rings. The maximum absolute atomic E-state index is 12.2. The molecule has 1 saturated heterocycles. The molecule has 2 aliphatic rings. The molecule has 2 N–H and O–H groups in total. The molecule has 0 amide bonds. The summed E-state index contributed by atoms with van der Waals surface area (Å²) in [5.41, 5.74) is 3.68. The first kappa shape index (κ1) is 26.6. The second-order valence-electron chi connectivity index (χ2n) is 11.4. The van der Waals surface area contributed by atoms with Crippen LogP contribution in [0.5, 0.6) is 0 Å². The van der Waals surface area contributed by atoms with Crippen molar-refractivity contribution in [3.63, 3.8) is 0 Å². The molecular weight excluding hydrogens is 468 g/mol. The molecule has 4 atom stereocenters. The molecule has 5 rings (SSSR count). The van der Waals surface area contributed by atoms with E-state index in [0.29, 0.717) is 11.8 Å². The fourth-order valence-corrected chi connectivity index (χ4v) is 6.79. The van der Waals surface area contributed by atoms with Crippen LogP contribution in [-0.2, 0) is 11.2 Å². The molecule has 0 bridgehead atoms. The van der Waals surface area contributed by atoms with Crippen LogP contribution in [0.15, 0.2) is 91.0 Å². The highest BCUT2D eigenvalue weighted by Gasteiger charge is 2.38. The molecule has 1 heterocycles. The van der Waals surface area contributed by atoms with E-state index >= 15 is 0 Å². The first-order valence-electron chi connectivity index (χ1n) is 14.5. The predicted octanol–water partition coefficient (Wildman–Crippen LogP) is 6.70. The molecule has 4 unspecified atom stereocenters. The number of benzene rings is 3. The van der Waals surface area contributed by atoms with Crippen molar-refractivity contribution in [2.75, 3.05) is 19.6 Å². The quantitative estimate of drug-likeness (QED) is 0.301. The lowest BCUT2D eigenvalue weighted by Gasteiger charge is -2.35. The van der Waals surface area contributed by atoms with Crippen LogP contribution in [-0.4, -0.2) is 41.7 Å². The number of hydrogen-bond acceptors (Lipinski definition) is 3. The smallest absolute Gasteiger partial charge is 0.325 e. The first-order chi connectivity index (χ1) is 18.7. The first-order valence-corrected chi connectivity index (χ1v) is 14.5. The van der Waals surface area contributed by atoms with Crippen LogP contribution in [0.2, 0.25) is 0 Å². The largest absolute Gasteiger partial charge is 0.480 e. The number of aryl methyl sites for hydroxylation is 1. The summed E-state index contributed by atoms with van der Waals surface area (Å²) in [6.07, 6.45) is 8.42. The molecule has 0 aromatic heterocycles. The molecule has 0 radical (unpaired) electrons. The topological polar surface area (TPSA) is 52.6 Å². The van der Waals surface area contributed by atoms with Crippen molar-refractivity contribution in [3.05, 3.63) is 108 Å². The van der Waals surface area contributed by atoms with E-state index in [1.54, 1.807) is 0 Å². The Morgan fingerprint density at radius 2 is 1.50 bits per heavy atom. The Bertz CT molecular complexity index is 1110. The Labute approximate surface area is 228 Å². The van der Waals surface area contributed by atoms with Crippen molar-refractivity contribution in [2.45, 2.75) is 62.9 Å². The summed E-state index contributed by atoms with van der Waals surface area (Å²) < 4.78 is 0. The number of rotatable bonds is 11. The van der Waals surface area contributed by atoms with Gasteiger partial charge in [0.05, 0.1) is 0 Å². The van der Waals surface area contributed by atoms with Crippen LogP contribution in [0.25, 0.3) is 0 Å². The minimum atomic E-state index is -0.801. The molecule has 38 heavy (non-hydrogen) atoms. The van der Waals surface area contributed by atoms with E-state index in [0.717, 1.165) is 30.9 Å². The number of nitrogens with one attached hydrogen (secondary N) is 1. The van der Waals surface area contributed by atoms with Gasteiger partial charge in [0.2, 0.25) is 0 Å². The van der Waals surface area contributed by atoms with Gasteiger partial charge in [-0.25, -0.2) is 0 Å². The van der Waals surface area contributed by atoms with Gasteiger partial charge >= 0.3 is 5.97 Å². The number of hydrogen-bond donors (Lipinski definition) is 2. The van der Waals surface area contributed by atoms with Crippen LogP contribution in [0.4, 0.5) is 0 Å². The Hall–Kier alpha value is -2.95. The second kappa shape index (κ2) is 13.2. The van der Waals surface area contributed by atoms with E-state index in [9.17, 15) is 9.90 Å². The predicted molar refractivity (Wildman–Crippen MR) is 154 cm³/mol. The van der Waals surface area contributed by atoms with Crippen LogP contribution >= 0.6 is 0 Å². The summed E-state index contributed by atoms with van der Waals surface area (Å²) in [6.45, 7) is 3.49. The highest BCUT2D eigenvalue weighted by Crippen LogP contribution is 2.41. The minimum Gasteiger partial charge on any atom is -0.480 e. The third-order valence-electron chi connectivity index (χ3n) is 8.83. The number of nitrogens with zero attached hydrogens (tertiary/aromatic N) is 1. The monoisotopic (exact) mass is 510 g/mol. The Morgan fingerprint density at radius 3 is 2.16 bits per heavy atom. The van der Waals surface area contributed by atoms with Crippen molar-refractivity contribution in [3.8, 4) is 0 Å². The number of carboxylic acids is 1. The van der Waals surface area contributed by atoms with Crippen molar-refractivity contribution in [1.29, 1.82) is 0 Å². The zero-order valence-electron chi connectivity index (χ0n) is 22.4. The zero-order valence-corrected chi connectivity index (χ0v) is 22.4. The standard InChI is InChI=1S/C34H42N2O2/c37-34(38)33(29-17-8-3-9-18-29)35-31-23-30(32(24-31)28-15-6-2-7-16-28)25-36-21-19-27(20-22-36)14-10-13-26-11-4-1-5-12-26/h1-9,11-12,15-18,27,30-33,35H,10,13-14,19-25H2,(H,37,38). The number of piperidine rings is 1. The fourth-order valence-electron chi connectivity index (χ4n) is 6.79. The SMILES string of the molecule is O=C(O)C(NC1CC(CN2CCC(CCCc3ccccc3)CC2)C(c2ccccc2)C1)c1ccccc1. The van der Waals surface area contributed by atoms with E-state index in [1.165, 1.54) is 56.3 Å². The molecule has 3 aromatic carbocycles. The van der Waals surface area contributed by atoms with Gasteiger partial charge in [-0.3, -0.25) is 10.1 Å². The molecule has 4 heteroatoms. The van der Waals surface area contributed by atoms with Gasteiger partial charge in [0.1, 0.15) is 6.04 Å². The average Bonchev–Trinajstić information content (AvgIpc) is 3.36. The van der Waals surface area contributed by atoms with Crippen LogP contribution in [0.1, 0.15) is 67.2 Å². The molecule has 0 spiro atoms. The van der Waals surface area contributed by atoms with Crippen molar-refractivity contribution < 1.29 is 9.90 Å². The Kier molecular flexibility index (Phi) is 9.27. The third-order valence-corrected chi connectivity index (χ3v) is 8.83. The lowest BCUT2D eigenvalue weighted by molar-refractivity contribution is -0.139. The van der Waals surface area contributed by atoms with Gasteiger partial charge in [-0.05, 0) is 86.1 Å². The number of carboxylic acid groups (broad SMARTS) is 1. The molecule has 1 aliphatic heterocycles.